The predicted molar refractivity (Wildman–Crippen MR) is 103 cm³/mol. The van der Waals surface area contributed by atoms with Crippen LogP contribution in [-0.4, -0.2) is 40.9 Å². The van der Waals surface area contributed by atoms with Crippen LogP contribution in [0.3, 0.4) is 0 Å². The fourth-order valence-corrected chi connectivity index (χ4v) is 3.66. The molecule has 1 fully saturated rings. The highest BCUT2D eigenvalue weighted by atomic mass is 16.5. The zero-order valence-electron chi connectivity index (χ0n) is 15.3. The lowest BCUT2D eigenvalue weighted by Crippen LogP contribution is -2.43. The van der Waals surface area contributed by atoms with Gasteiger partial charge in [-0.3, -0.25) is 4.90 Å². The van der Waals surface area contributed by atoms with E-state index in [4.69, 9.17) is 10.5 Å². The topological polar surface area (TPSA) is 79.0 Å². The van der Waals surface area contributed by atoms with E-state index in [2.05, 4.69) is 29.2 Å². The van der Waals surface area contributed by atoms with Crippen molar-refractivity contribution in [1.82, 2.24) is 4.90 Å². The second kappa shape index (κ2) is 8.43. The molecule has 1 aliphatic rings. The van der Waals surface area contributed by atoms with Crippen molar-refractivity contribution in [2.75, 3.05) is 25.4 Å². The largest absolute Gasteiger partial charge is 0.503 e. The number of nitrogen functional groups attached to an aromatic ring is 1. The summed E-state index contributed by atoms with van der Waals surface area (Å²) in [5.41, 5.74) is 8.50. The van der Waals surface area contributed by atoms with E-state index in [1.54, 1.807) is 6.07 Å². The minimum absolute atomic E-state index is 0.00880. The van der Waals surface area contributed by atoms with Crippen molar-refractivity contribution in [2.24, 2.45) is 5.92 Å². The van der Waals surface area contributed by atoms with Crippen LogP contribution in [0.25, 0.3) is 0 Å². The normalized spacial score (nSPS) is 20.8. The first-order valence-electron chi connectivity index (χ1n) is 9.25. The van der Waals surface area contributed by atoms with E-state index < -0.39 is 0 Å². The van der Waals surface area contributed by atoms with E-state index in [0.717, 1.165) is 31.6 Å². The lowest BCUT2D eigenvalue weighted by atomic mass is 9.88. The van der Waals surface area contributed by atoms with E-state index in [1.165, 1.54) is 5.56 Å². The molecule has 0 saturated carbocycles. The summed E-state index contributed by atoms with van der Waals surface area (Å²) in [4.78, 5) is 2.39. The number of hydrogen-bond acceptors (Lipinski definition) is 5. The molecule has 1 heterocycles. The minimum Gasteiger partial charge on any atom is -0.503 e. The maximum Gasteiger partial charge on any atom is 0.181 e. The van der Waals surface area contributed by atoms with Gasteiger partial charge in [-0.05, 0) is 43.0 Å². The molecule has 2 aromatic carbocycles. The Morgan fingerprint density at radius 1 is 1.19 bits per heavy atom. The third-order valence-electron chi connectivity index (χ3n) is 4.99. The summed E-state index contributed by atoms with van der Waals surface area (Å²) in [6.07, 6.45) is 1.15. The summed E-state index contributed by atoms with van der Waals surface area (Å²) >= 11 is 0. The van der Waals surface area contributed by atoms with Crippen molar-refractivity contribution in [1.29, 1.82) is 0 Å². The number of phenols is 1. The number of nitrogens with two attached hydrogens (primary N) is 1. The van der Waals surface area contributed by atoms with Crippen LogP contribution in [-0.2, 0) is 13.0 Å². The molecule has 1 saturated heterocycles. The zero-order valence-corrected chi connectivity index (χ0v) is 15.3. The average molecular weight is 356 g/mol. The molecular weight excluding hydrogens is 328 g/mol. The van der Waals surface area contributed by atoms with Crippen molar-refractivity contribution in [3.8, 4) is 11.5 Å². The number of anilines is 1. The second-order valence-electron chi connectivity index (χ2n) is 7.01. The summed E-state index contributed by atoms with van der Waals surface area (Å²) < 4.78 is 5.47. The number of piperidine rings is 1. The van der Waals surface area contributed by atoms with Gasteiger partial charge in [-0.25, -0.2) is 0 Å². The number of aromatic hydroxyl groups is 1. The highest BCUT2D eigenvalue weighted by Gasteiger charge is 2.28. The van der Waals surface area contributed by atoms with E-state index >= 15 is 0 Å². The van der Waals surface area contributed by atoms with Crippen LogP contribution >= 0.6 is 0 Å². The van der Waals surface area contributed by atoms with Crippen LogP contribution in [0.1, 0.15) is 24.5 Å². The van der Waals surface area contributed by atoms with Gasteiger partial charge in [0.25, 0.3) is 0 Å². The summed E-state index contributed by atoms with van der Waals surface area (Å²) in [7, 11) is 0. The van der Waals surface area contributed by atoms with Crippen molar-refractivity contribution in [3.63, 3.8) is 0 Å². The molecule has 2 atom stereocenters. The van der Waals surface area contributed by atoms with E-state index in [-0.39, 0.29) is 17.8 Å². The standard InChI is InChI=1S/C21H28N2O3/c1-2-26-20-12-16(11-18(22)21(20)25)10-17-14-23(9-8-19(17)24)13-15-6-4-3-5-7-15/h3-7,11-12,17,19,24-25H,2,8-10,13-14,22H2,1H3. The molecule has 140 valence electrons. The van der Waals surface area contributed by atoms with Crippen molar-refractivity contribution < 1.29 is 14.9 Å². The molecule has 0 amide bonds. The maximum atomic E-state index is 10.5. The molecule has 0 spiro atoms. The SMILES string of the molecule is CCOc1cc(CC2CN(Cc3ccccc3)CCC2O)cc(N)c1O. The Hall–Kier alpha value is -2.24. The van der Waals surface area contributed by atoms with Crippen LogP contribution < -0.4 is 10.5 Å². The third-order valence-corrected chi connectivity index (χ3v) is 4.99. The van der Waals surface area contributed by atoms with E-state index in [0.29, 0.717) is 24.5 Å². The predicted octanol–water partition coefficient (Wildman–Crippen LogP) is 2.80. The van der Waals surface area contributed by atoms with Crippen LogP contribution in [0.15, 0.2) is 42.5 Å². The second-order valence-corrected chi connectivity index (χ2v) is 7.01. The maximum absolute atomic E-state index is 10.5. The van der Waals surface area contributed by atoms with Gasteiger partial charge in [-0.1, -0.05) is 30.3 Å². The molecule has 0 aliphatic carbocycles. The molecule has 26 heavy (non-hydrogen) atoms. The molecule has 5 heteroatoms. The number of hydrogen-bond donors (Lipinski definition) is 3. The quantitative estimate of drug-likeness (QED) is 0.548. The van der Waals surface area contributed by atoms with Crippen molar-refractivity contribution >= 4 is 5.69 Å². The first-order valence-corrected chi connectivity index (χ1v) is 9.25. The van der Waals surface area contributed by atoms with Gasteiger partial charge in [0, 0.05) is 25.6 Å². The monoisotopic (exact) mass is 356 g/mol. The third kappa shape index (κ3) is 4.48. The van der Waals surface area contributed by atoms with Crippen molar-refractivity contribution in [3.05, 3.63) is 53.6 Å². The fraction of sp³-hybridized carbons (Fsp3) is 0.429. The lowest BCUT2D eigenvalue weighted by Gasteiger charge is -2.36. The molecule has 0 aromatic heterocycles. The highest BCUT2D eigenvalue weighted by Crippen LogP contribution is 2.35. The Morgan fingerprint density at radius 3 is 2.69 bits per heavy atom. The summed E-state index contributed by atoms with van der Waals surface area (Å²) in [5, 5.41) is 20.5. The Morgan fingerprint density at radius 2 is 1.96 bits per heavy atom. The minimum atomic E-state index is -0.326. The molecule has 2 unspecified atom stereocenters. The number of phenolic OH excluding ortho intramolecular Hbond substituents is 1. The van der Waals surface area contributed by atoms with Crippen LogP contribution in [0.4, 0.5) is 5.69 Å². The zero-order chi connectivity index (χ0) is 18.5. The molecule has 0 radical (unpaired) electrons. The van der Waals surface area contributed by atoms with Gasteiger partial charge in [0.15, 0.2) is 11.5 Å². The van der Waals surface area contributed by atoms with Crippen molar-refractivity contribution in [2.45, 2.75) is 32.4 Å². The Balaban J connectivity index is 1.69. The number of ether oxygens (including phenoxy) is 1. The van der Waals surface area contributed by atoms with Crippen LogP contribution in [0.5, 0.6) is 11.5 Å². The van der Waals surface area contributed by atoms with E-state index in [1.807, 2.05) is 19.1 Å². The molecule has 4 N–H and O–H groups in total. The highest BCUT2D eigenvalue weighted by molar-refractivity contribution is 5.61. The number of aliphatic hydroxyl groups is 1. The number of likely N-dealkylation sites (tertiary alicyclic amines) is 1. The first-order chi connectivity index (χ1) is 12.6. The van der Waals surface area contributed by atoms with Gasteiger partial charge in [0.05, 0.1) is 18.4 Å². The smallest absolute Gasteiger partial charge is 0.181 e. The number of nitrogens with zero attached hydrogens (tertiary/aromatic N) is 1. The fourth-order valence-electron chi connectivity index (χ4n) is 3.66. The van der Waals surface area contributed by atoms with Gasteiger partial charge in [0.1, 0.15) is 0 Å². The summed E-state index contributed by atoms with van der Waals surface area (Å²) in [6.45, 7) is 4.96. The number of aliphatic hydroxyl groups excluding tert-OH is 1. The molecule has 3 rings (SSSR count). The van der Waals surface area contributed by atoms with Crippen LogP contribution in [0, 0.1) is 5.92 Å². The number of rotatable bonds is 6. The van der Waals surface area contributed by atoms with Gasteiger partial charge >= 0.3 is 0 Å². The molecular formula is C21H28N2O3. The molecule has 2 aromatic rings. The van der Waals surface area contributed by atoms with Crippen LogP contribution in [0.2, 0.25) is 0 Å². The summed E-state index contributed by atoms with van der Waals surface area (Å²) in [5.74, 6) is 0.533. The van der Waals surface area contributed by atoms with Gasteiger partial charge in [0.2, 0.25) is 0 Å². The molecule has 5 nitrogen and oxygen atoms in total. The van der Waals surface area contributed by atoms with Gasteiger partial charge in [-0.2, -0.15) is 0 Å². The number of benzene rings is 2. The average Bonchev–Trinajstić information content (AvgIpc) is 2.63. The summed E-state index contributed by atoms with van der Waals surface area (Å²) in [6, 6.07) is 14.0. The lowest BCUT2D eigenvalue weighted by molar-refractivity contribution is 0.0239. The Labute approximate surface area is 155 Å². The Kier molecular flexibility index (Phi) is 6.01. The first kappa shape index (κ1) is 18.5. The van der Waals surface area contributed by atoms with E-state index in [9.17, 15) is 10.2 Å². The van der Waals surface area contributed by atoms with Gasteiger partial charge in [-0.15, -0.1) is 0 Å². The molecule has 0 bridgehead atoms. The Bertz CT molecular complexity index is 721. The molecule has 1 aliphatic heterocycles. The van der Waals surface area contributed by atoms with Gasteiger partial charge < -0.3 is 20.7 Å².